The van der Waals surface area contributed by atoms with Crippen LogP contribution in [0.2, 0.25) is 0 Å². The van der Waals surface area contributed by atoms with Crippen molar-refractivity contribution in [1.29, 1.82) is 0 Å². The molecule has 1 atom stereocenters. The van der Waals surface area contributed by atoms with Gasteiger partial charge in [0.05, 0.1) is 27.4 Å². The summed E-state index contributed by atoms with van der Waals surface area (Å²) in [5.41, 5.74) is 1.04. The first-order chi connectivity index (χ1) is 13.6. The molecule has 0 radical (unpaired) electrons. The molecule has 2 aromatic rings. The van der Waals surface area contributed by atoms with E-state index in [1.54, 1.807) is 14.2 Å². The van der Waals surface area contributed by atoms with Crippen LogP contribution in [-0.4, -0.2) is 54.1 Å². The van der Waals surface area contributed by atoms with Gasteiger partial charge < -0.3 is 19.5 Å². The topological polar surface area (TPSA) is 87.5 Å². The van der Waals surface area contributed by atoms with E-state index in [-0.39, 0.29) is 11.9 Å². The zero-order valence-electron chi connectivity index (χ0n) is 16.7. The highest BCUT2D eigenvalue weighted by Gasteiger charge is 2.23. The quantitative estimate of drug-likeness (QED) is 0.624. The number of carbonyl (C=O) groups is 1. The predicted molar refractivity (Wildman–Crippen MR) is 104 cm³/mol. The minimum Gasteiger partial charge on any atom is -0.493 e. The SMILES string of the molecule is CCOCCn1nc(Cc2ccc(OC)c(OC)c2)nc1C[C@H]1CCC(=O)N1. The van der Waals surface area contributed by atoms with Crippen molar-refractivity contribution in [1.82, 2.24) is 20.1 Å². The highest BCUT2D eigenvalue weighted by atomic mass is 16.5. The van der Waals surface area contributed by atoms with E-state index in [0.29, 0.717) is 50.5 Å². The maximum Gasteiger partial charge on any atom is 0.220 e. The molecule has 1 fully saturated rings. The Kier molecular flexibility index (Phi) is 6.86. The molecule has 0 aliphatic carbocycles. The van der Waals surface area contributed by atoms with Crippen molar-refractivity contribution < 1.29 is 19.0 Å². The van der Waals surface area contributed by atoms with Crippen LogP contribution in [0, 0.1) is 0 Å². The predicted octanol–water partition coefficient (Wildman–Crippen LogP) is 1.74. The maximum atomic E-state index is 11.5. The molecule has 0 spiro atoms. The fourth-order valence-electron chi connectivity index (χ4n) is 3.35. The summed E-state index contributed by atoms with van der Waals surface area (Å²) in [5.74, 6) is 3.10. The molecule has 0 bridgehead atoms. The van der Waals surface area contributed by atoms with Gasteiger partial charge in [-0.2, -0.15) is 5.10 Å². The third-order valence-electron chi connectivity index (χ3n) is 4.77. The summed E-state index contributed by atoms with van der Waals surface area (Å²) in [7, 11) is 3.24. The number of amides is 1. The summed E-state index contributed by atoms with van der Waals surface area (Å²) in [5, 5.41) is 7.68. The van der Waals surface area contributed by atoms with E-state index >= 15 is 0 Å². The van der Waals surface area contributed by atoms with E-state index in [1.165, 1.54) is 0 Å². The van der Waals surface area contributed by atoms with E-state index in [0.717, 1.165) is 23.6 Å². The molecule has 1 saturated heterocycles. The molecule has 1 aromatic carbocycles. The largest absolute Gasteiger partial charge is 0.493 e. The highest BCUT2D eigenvalue weighted by Crippen LogP contribution is 2.28. The summed E-state index contributed by atoms with van der Waals surface area (Å²) in [6, 6.07) is 5.93. The zero-order chi connectivity index (χ0) is 19.9. The van der Waals surface area contributed by atoms with Crippen molar-refractivity contribution in [3.8, 4) is 11.5 Å². The van der Waals surface area contributed by atoms with Crippen molar-refractivity contribution in [2.45, 2.75) is 45.2 Å². The Morgan fingerprint density at radius 3 is 2.75 bits per heavy atom. The van der Waals surface area contributed by atoms with Crippen LogP contribution in [0.25, 0.3) is 0 Å². The average Bonchev–Trinajstić information content (AvgIpc) is 3.27. The Morgan fingerprint density at radius 1 is 1.25 bits per heavy atom. The standard InChI is InChI=1S/C20H28N4O4/c1-4-28-10-9-24-19(13-15-6-8-20(25)21-15)22-18(23-24)12-14-5-7-16(26-2)17(11-14)27-3/h5,7,11,15H,4,6,8-10,12-13H2,1-3H3,(H,21,25)/t15-/m1/s1. The van der Waals surface area contributed by atoms with Crippen LogP contribution in [0.4, 0.5) is 0 Å². The van der Waals surface area contributed by atoms with Crippen LogP contribution in [0.15, 0.2) is 18.2 Å². The molecule has 8 nitrogen and oxygen atoms in total. The van der Waals surface area contributed by atoms with Crippen molar-refractivity contribution in [2.24, 2.45) is 0 Å². The Balaban J connectivity index is 1.76. The molecule has 0 saturated carbocycles. The minimum atomic E-state index is 0.107. The molecule has 3 rings (SSSR count). The van der Waals surface area contributed by atoms with Crippen molar-refractivity contribution in [3.05, 3.63) is 35.4 Å². The van der Waals surface area contributed by atoms with E-state index in [2.05, 4.69) is 10.4 Å². The number of hydrogen-bond donors (Lipinski definition) is 1. The zero-order valence-corrected chi connectivity index (χ0v) is 16.7. The highest BCUT2D eigenvalue weighted by molar-refractivity contribution is 5.78. The molecule has 1 aliphatic heterocycles. The lowest BCUT2D eigenvalue weighted by Gasteiger charge is -2.10. The number of methoxy groups -OCH3 is 2. The summed E-state index contributed by atoms with van der Waals surface area (Å²) in [6.07, 6.45) is 2.68. The summed E-state index contributed by atoms with van der Waals surface area (Å²) in [6.45, 7) is 3.86. The molecule has 1 N–H and O–H groups in total. The van der Waals surface area contributed by atoms with Gasteiger partial charge in [-0.3, -0.25) is 4.79 Å². The molecule has 1 aliphatic rings. The number of rotatable bonds is 10. The van der Waals surface area contributed by atoms with E-state index in [4.69, 9.17) is 19.2 Å². The van der Waals surface area contributed by atoms with E-state index in [1.807, 2.05) is 29.8 Å². The molecule has 0 unspecified atom stereocenters. The second-order valence-electron chi connectivity index (χ2n) is 6.74. The van der Waals surface area contributed by atoms with Crippen LogP contribution < -0.4 is 14.8 Å². The summed E-state index contributed by atoms with van der Waals surface area (Å²) in [4.78, 5) is 16.2. The molecule has 2 heterocycles. The van der Waals surface area contributed by atoms with Gasteiger partial charge >= 0.3 is 0 Å². The van der Waals surface area contributed by atoms with E-state index in [9.17, 15) is 4.79 Å². The molecular weight excluding hydrogens is 360 g/mol. The fraction of sp³-hybridized carbons (Fsp3) is 0.550. The normalized spacial score (nSPS) is 16.2. The Hall–Kier alpha value is -2.61. The van der Waals surface area contributed by atoms with Gasteiger partial charge in [-0.25, -0.2) is 9.67 Å². The van der Waals surface area contributed by atoms with Gasteiger partial charge in [0.1, 0.15) is 5.82 Å². The van der Waals surface area contributed by atoms with Crippen LogP contribution in [-0.2, 0) is 28.9 Å². The van der Waals surface area contributed by atoms with E-state index < -0.39 is 0 Å². The first kappa shape index (κ1) is 20.1. The number of ether oxygens (including phenoxy) is 3. The van der Waals surface area contributed by atoms with Crippen molar-refractivity contribution in [3.63, 3.8) is 0 Å². The maximum absolute atomic E-state index is 11.5. The minimum absolute atomic E-state index is 0.107. The summed E-state index contributed by atoms with van der Waals surface area (Å²) < 4.78 is 18.0. The lowest BCUT2D eigenvalue weighted by molar-refractivity contribution is -0.119. The van der Waals surface area contributed by atoms with Crippen LogP contribution in [0.5, 0.6) is 11.5 Å². The molecule has 28 heavy (non-hydrogen) atoms. The van der Waals surface area contributed by atoms with Crippen LogP contribution in [0.1, 0.15) is 37.0 Å². The van der Waals surface area contributed by atoms with Gasteiger partial charge in [0, 0.05) is 31.9 Å². The van der Waals surface area contributed by atoms with Gasteiger partial charge in [0.2, 0.25) is 5.91 Å². The number of nitrogens with one attached hydrogen (secondary N) is 1. The van der Waals surface area contributed by atoms with Gasteiger partial charge in [0.25, 0.3) is 0 Å². The first-order valence-electron chi connectivity index (χ1n) is 9.63. The van der Waals surface area contributed by atoms with Gasteiger partial charge in [0.15, 0.2) is 17.3 Å². The summed E-state index contributed by atoms with van der Waals surface area (Å²) >= 11 is 0. The number of aromatic nitrogens is 3. The Bertz CT molecular complexity index is 805. The third-order valence-corrected chi connectivity index (χ3v) is 4.77. The number of nitrogens with zero attached hydrogens (tertiary/aromatic N) is 3. The lowest BCUT2D eigenvalue weighted by Crippen LogP contribution is -2.28. The van der Waals surface area contributed by atoms with Crippen molar-refractivity contribution >= 4 is 5.91 Å². The lowest BCUT2D eigenvalue weighted by atomic mass is 10.1. The van der Waals surface area contributed by atoms with Crippen LogP contribution in [0.3, 0.4) is 0 Å². The molecule has 152 valence electrons. The second kappa shape index (κ2) is 9.54. The molecular formula is C20H28N4O4. The smallest absolute Gasteiger partial charge is 0.220 e. The molecule has 8 heteroatoms. The Morgan fingerprint density at radius 2 is 2.07 bits per heavy atom. The number of benzene rings is 1. The van der Waals surface area contributed by atoms with Gasteiger partial charge in [-0.15, -0.1) is 0 Å². The second-order valence-corrected chi connectivity index (χ2v) is 6.74. The van der Waals surface area contributed by atoms with Gasteiger partial charge in [-0.05, 0) is 31.0 Å². The Labute approximate surface area is 165 Å². The molecule has 1 amide bonds. The number of carbonyl (C=O) groups excluding carboxylic acids is 1. The first-order valence-corrected chi connectivity index (χ1v) is 9.63. The monoisotopic (exact) mass is 388 g/mol. The number of hydrogen-bond acceptors (Lipinski definition) is 6. The van der Waals surface area contributed by atoms with Gasteiger partial charge in [-0.1, -0.05) is 6.07 Å². The fourth-order valence-corrected chi connectivity index (χ4v) is 3.35. The molecule has 1 aromatic heterocycles. The third kappa shape index (κ3) is 5.01. The van der Waals surface area contributed by atoms with Crippen LogP contribution >= 0.6 is 0 Å². The van der Waals surface area contributed by atoms with Crippen molar-refractivity contribution in [2.75, 3.05) is 27.4 Å². The average molecular weight is 388 g/mol.